The number of nitrogens with zero attached hydrogens (tertiary/aromatic N) is 1. The first kappa shape index (κ1) is 16.2. The first-order valence-electron chi connectivity index (χ1n) is 4.12. The van der Waals surface area contributed by atoms with Gasteiger partial charge in [0.2, 0.25) is 0 Å². The third kappa shape index (κ3) is 14.3. The zero-order valence-electron chi connectivity index (χ0n) is 8.84. The number of carbonyl (C=O) groups is 2. The molecule has 0 bridgehead atoms. The molecule has 7 N–H and O–H groups in total. The van der Waals surface area contributed by atoms with Crippen LogP contribution in [0.25, 0.3) is 0 Å². The smallest absolute Gasteiger partial charge is 0.313 e. The fourth-order valence-corrected chi connectivity index (χ4v) is 0.676. The maximum absolute atomic E-state index is 10.4. The highest BCUT2D eigenvalue weighted by atomic mass is 16.9. The lowest BCUT2D eigenvalue weighted by atomic mass is 10.1. The van der Waals surface area contributed by atoms with Crippen LogP contribution in [0.1, 0.15) is 13.8 Å². The first-order valence-corrected chi connectivity index (χ1v) is 4.12. The molecule has 0 saturated carbocycles. The summed E-state index contributed by atoms with van der Waals surface area (Å²) in [6.07, 6.45) is -0.514. The molecule has 0 atom stereocenters. The van der Waals surface area contributed by atoms with Crippen LogP contribution in [0.15, 0.2) is 0 Å². The van der Waals surface area contributed by atoms with Gasteiger partial charge < -0.3 is 27.3 Å². The quantitative estimate of drug-likeness (QED) is 0.239. The predicted molar refractivity (Wildman–Crippen MR) is 52.8 cm³/mol. The lowest BCUT2D eigenvalue weighted by Gasteiger charge is -2.21. The van der Waals surface area contributed by atoms with Crippen molar-refractivity contribution in [2.75, 3.05) is 0 Å². The van der Waals surface area contributed by atoms with Crippen LogP contribution in [-0.2, 0) is 0 Å². The molecule has 0 aromatic carbocycles. The molecule has 0 aliphatic heterocycles. The topological polar surface area (TPSA) is 174 Å². The van der Waals surface area contributed by atoms with Gasteiger partial charge in [-0.05, 0) is 5.92 Å². The largest absolute Gasteiger partial charge is 0.352 e. The van der Waals surface area contributed by atoms with E-state index >= 15 is 0 Å². The third-order valence-corrected chi connectivity index (χ3v) is 1.26. The number of primary amides is 2. The highest BCUT2D eigenvalue weighted by Gasteiger charge is 2.15. The zero-order chi connectivity index (χ0) is 13.3. The Hall–Kier alpha value is -2.26. The van der Waals surface area contributed by atoms with Gasteiger partial charge in [-0.15, -0.1) is 10.1 Å². The van der Waals surface area contributed by atoms with E-state index in [0.717, 1.165) is 0 Å². The van der Waals surface area contributed by atoms with Crippen LogP contribution in [0.5, 0.6) is 0 Å². The number of hydrogen-bond acceptors (Lipinski definition) is 4. The van der Waals surface area contributed by atoms with Crippen LogP contribution in [0.4, 0.5) is 9.59 Å². The second-order valence-corrected chi connectivity index (χ2v) is 2.98. The van der Waals surface area contributed by atoms with Crippen LogP contribution in [-0.4, -0.2) is 28.5 Å². The van der Waals surface area contributed by atoms with Crippen LogP contribution in [0.2, 0.25) is 0 Å². The molecule has 16 heavy (non-hydrogen) atoms. The number of nitrogens with two attached hydrogens (primary N) is 2. The number of urea groups is 2. The number of hydrogen-bond donors (Lipinski definition) is 5. The van der Waals surface area contributed by atoms with Gasteiger partial charge in [0.1, 0.15) is 6.17 Å². The van der Waals surface area contributed by atoms with Crippen molar-refractivity contribution in [3.63, 3.8) is 0 Å². The highest BCUT2D eigenvalue weighted by molar-refractivity contribution is 5.75. The number of amides is 4. The lowest BCUT2D eigenvalue weighted by molar-refractivity contribution is -0.742. The molecule has 0 radical (unpaired) electrons. The Kier molecular flexibility index (Phi) is 8.17. The van der Waals surface area contributed by atoms with Gasteiger partial charge in [0.05, 0.1) is 0 Å². The van der Waals surface area contributed by atoms with Crippen molar-refractivity contribution in [2.24, 2.45) is 17.4 Å². The SMILES string of the molecule is CC(C)C(NC(N)=O)NC(N)=O.O=[N+]([O-])O. The molecule has 0 rings (SSSR count). The Morgan fingerprint density at radius 2 is 1.50 bits per heavy atom. The fraction of sp³-hybridized carbons (Fsp3) is 0.667. The van der Waals surface area contributed by atoms with E-state index in [9.17, 15) is 9.59 Å². The van der Waals surface area contributed by atoms with Crippen molar-refractivity contribution in [3.8, 4) is 0 Å². The fourth-order valence-electron chi connectivity index (χ4n) is 0.676. The molecular weight excluding hydrogens is 222 g/mol. The Balaban J connectivity index is 0. The summed E-state index contributed by atoms with van der Waals surface area (Å²) in [6.45, 7) is 3.63. The van der Waals surface area contributed by atoms with Crippen molar-refractivity contribution < 1.29 is 19.9 Å². The maximum atomic E-state index is 10.4. The Morgan fingerprint density at radius 3 is 1.62 bits per heavy atom. The molecule has 0 spiro atoms. The lowest BCUT2D eigenvalue weighted by Crippen LogP contribution is -2.53. The summed E-state index contributed by atoms with van der Waals surface area (Å²) < 4.78 is 0. The van der Waals surface area contributed by atoms with Gasteiger partial charge in [0.25, 0.3) is 5.09 Å². The average molecular weight is 237 g/mol. The number of rotatable bonds is 3. The van der Waals surface area contributed by atoms with Crippen molar-refractivity contribution >= 4 is 12.1 Å². The van der Waals surface area contributed by atoms with E-state index in [2.05, 4.69) is 10.6 Å². The molecule has 0 aromatic rings. The summed E-state index contributed by atoms with van der Waals surface area (Å²) in [5.41, 5.74) is 9.73. The molecule has 0 aliphatic carbocycles. The van der Waals surface area contributed by atoms with E-state index in [0.29, 0.717) is 0 Å². The third-order valence-electron chi connectivity index (χ3n) is 1.26. The average Bonchev–Trinajstić information content (AvgIpc) is 1.99. The van der Waals surface area contributed by atoms with Gasteiger partial charge in [0, 0.05) is 0 Å². The molecule has 0 heterocycles. The van der Waals surface area contributed by atoms with Gasteiger partial charge in [-0.3, -0.25) is 0 Å². The monoisotopic (exact) mass is 237 g/mol. The summed E-state index contributed by atoms with van der Waals surface area (Å²) in [5.74, 6) is 0.0324. The minimum absolute atomic E-state index is 0.0324. The zero-order valence-corrected chi connectivity index (χ0v) is 8.84. The van der Waals surface area contributed by atoms with Crippen molar-refractivity contribution in [3.05, 3.63) is 10.1 Å². The van der Waals surface area contributed by atoms with E-state index in [1.807, 2.05) is 13.8 Å². The number of nitrogens with one attached hydrogen (secondary N) is 2. The highest BCUT2D eigenvalue weighted by Crippen LogP contribution is 1.96. The molecule has 0 fully saturated rings. The van der Waals surface area contributed by atoms with Gasteiger partial charge in [-0.1, -0.05) is 13.8 Å². The van der Waals surface area contributed by atoms with Gasteiger partial charge in [-0.2, -0.15) is 0 Å². The molecule has 0 aromatic heterocycles. The summed E-state index contributed by atoms with van der Waals surface area (Å²) in [4.78, 5) is 29.2. The molecule has 0 saturated heterocycles. The summed E-state index contributed by atoms with van der Waals surface area (Å²) >= 11 is 0. The molecule has 10 heteroatoms. The van der Waals surface area contributed by atoms with E-state index in [4.69, 9.17) is 26.8 Å². The van der Waals surface area contributed by atoms with Crippen molar-refractivity contribution in [1.82, 2.24) is 10.6 Å². The summed E-state index contributed by atoms with van der Waals surface area (Å²) in [5, 5.41) is 18.3. The Labute approximate surface area is 91.1 Å². The second kappa shape index (κ2) is 8.08. The van der Waals surface area contributed by atoms with Gasteiger partial charge in [-0.25, -0.2) is 9.59 Å². The molecule has 0 aliphatic rings. The standard InChI is InChI=1S/C6H14N4O2.HNO3/c1-3(2)4(9-5(7)11)10-6(8)12;2-1(3)4/h3-4H,1-2H3,(H3,7,9,11)(H3,8,10,12);(H,2,3,4). The van der Waals surface area contributed by atoms with E-state index in [-0.39, 0.29) is 5.92 Å². The van der Waals surface area contributed by atoms with Gasteiger partial charge >= 0.3 is 12.1 Å². The van der Waals surface area contributed by atoms with E-state index in [1.165, 1.54) is 0 Å². The van der Waals surface area contributed by atoms with Crippen LogP contribution in [0.3, 0.4) is 0 Å². The Bertz CT molecular complexity index is 236. The normalized spacial score (nSPS) is 9.00. The predicted octanol–water partition coefficient (Wildman–Crippen LogP) is -1.04. The minimum atomic E-state index is -1.50. The van der Waals surface area contributed by atoms with E-state index in [1.54, 1.807) is 0 Å². The Morgan fingerprint density at radius 1 is 1.25 bits per heavy atom. The van der Waals surface area contributed by atoms with Crippen LogP contribution in [0, 0.1) is 16.0 Å². The summed E-state index contributed by atoms with van der Waals surface area (Å²) in [6, 6.07) is -1.38. The first-order chi connectivity index (χ1) is 7.16. The van der Waals surface area contributed by atoms with Crippen LogP contribution >= 0.6 is 0 Å². The minimum Gasteiger partial charge on any atom is -0.352 e. The maximum Gasteiger partial charge on any atom is 0.313 e. The molecule has 4 amide bonds. The van der Waals surface area contributed by atoms with E-state index < -0.39 is 23.3 Å². The molecular formula is C6H15N5O5. The number of carbonyl (C=O) groups excluding carboxylic acids is 2. The molecule has 0 unspecified atom stereocenters. The second-order valence-electron chi connectivity index (χ2n) is 2.98. The molecule has 94 valence electrons. The molecule has 10 nitrogen and oxygen atoms in total. The van der Waals surface area contributed by atoms with Crippen LogP contribution < -0.4 is 22.1 Å². The van der Waals surface area contributed by atoms with Crippen molar-refractivity contribution in [1.29, 1.82) is 0 Å². The van der Waals surface area contributed by atoms with Gasteiger partial charge in [0.15, 0.2) is 0 Å². The summed E-state index contributed by atoms with van der Waals surface area (Å²) in [7, 11) is 0. The van der Waals surface area contributed by atoms with Crippen molar-refractivity contribution in [2.45, 2.75) is 20.0 Å².